The molecule has 2 heterocycles. The molecule has 0 spiro atoms. The fraction of sp³-hybridized carbons (Fsp3) is 0.214. The second kappa shape index (κ2) is 5.36. The molecule has 0 saturated heterocycles. The highest BCUT2D eigenvalue weighted by molar-refractivity contribution is 5.73. The minimum atomic E-state index is -0.215. The predicted octanol–water partition coefficient (Wildman–Crippen LogP) is 1.40. The Balaban J connectivity index is 2.02. The van der Waals surface area contributed by atoms with Gasteiger partial charge in [-0.3, -0.25) is 15.5 Å². The van der Waals surface area contributed by atoms with E-state index in [0.717, 1.165) is 28.8 Å². The number of nitrogens with one attached hydrogen (secondary N) is 1. The van der Waals surface area contributed by atoms with Gasteiger partial charge in [-0.15, -0.1) is 0 Å². The molecule has 3 N–H and O–H groups in total. The van der Waals surface area contributed by atoms with Crippen LogP contribution in [0.1, 0.15) is 24.2 Å². The van der Waals surface area contributed by atoms with Crippen LogP contribution in [0.15, 0.2) is 42.9 Å². The molecule has 0 aliphatic rings. The van der Waals surface area contributed by atoms with E-state index in [2.05, 4.69) is 20.5 Å². The summed E-state index contributed by atoms with van der Waals surface area (Å²) in [4.78, 5) is 9.03. The van der Waals surface area contributed by atoms with E-state index in [1.807, 2.05) is 42.1 Å². The zero-order chi connectivity index (χ0) is 13.9. The number of hydrogen-bond donors (Lipinski definition) is 2. The smallest absolute Gasteiger partial charge is 0.0927 e. The molecule has 0 aliphatic carbocycles. The van der Waals surface area contributed by atoms with Crippen LogP contribution in [0.25, 0.3) is 11.0 Å². The fourth-order valence-electron chi connectivity index (χ4n) is 2.16. The summed E-state index contributed by atoms with van der Waals surface area (Å²) < 4.78 is 1.86. The van der Waals surface area contributed by atoms with Crippen molar-refractivity contribution in [1.82, 2.24) is 25.2 Å². The molecule has 3 rings (SSSR count). The van der Waals surface area contributed by atoms with Gasteiger partial charge in [-0.05, 0) is 19.1 Å². The lowest BCUT2D eigenvalue weighted by atomic mass is 10.1. The number of aromatic nitrogens is 4. The second-order valence-corrected chi connectivity index (χ2v) is 4.51. The van der Waals surface area contributed by atoms with Crippen molar-refractivity contribution in [2.24, 2.45) is 5.84 Å². The third-order valence-corrected chi connectivity index (χ3v) is 3.24. The molecule has 6 nitrogen and oxygen atoms in total. The minimum Gasteiger partial charge on any atom is -0.273 e. The van der Waals surface area contributed by atoms with Crippen LogP contribution in [0.5, 0.6) is 0 Å². The van der Waals surface area contributed by atoms with Crippen molar-refractivity contribution in [2.45, 2.75) is 19.5 Å². The van der Waals surface area contributed by atoms with Crippen molar-refractivity contribution >= 4 is 11.0 Å². The largest absolute Gasteiger partial charge is 0.273 e. The van der Waals surface area contributed by atoms with E-state index in [0.29, 0.717) is 0 Å². The third-order valence-electron chi connectivity index (χ3n) is 3.24. The van der Waals surface area contributed by atoms with Gasteiger partial charge in [0.05, 0.1) is 35.2 Å². The minimum absolute atomic E-state index is 0.215. The van der Waals surface area contributed by atoms with Crippen molar-refractivity contribution in [3.05, 3.63) is 54.1 Å². The summed E-state index contributed by atoms with van der Waals surface area (Å²) in [6.45, 7) is 2.86. The molecule has 1 unspecified atom stereocenters. The van der Waals surface area contributed by atoms with Gasteiger partial charge in [0.25, 0.3) is 0 Å². The van der Waals surface area contributed by atoms with Gasteiger partial charge in [0.2, 0.25) is 0 Å². The first-order chi connectivity index (χ1) is 9.81. The molecule has 1 atom stereocenters. The van der Waals surface area contributed by atoms with E-state index in [-0.39, 0.29) is 6.04 Å². The maximum atomic E-state index is 5.68. The summed E-state index contributed by atoms with van der Waals surface area (Å²) >= 11 is 0. The first kappa shape index (κ1) is 12.7. The molecule has 3 aromatic rings. The van der Waals surface area contributed by atoms with Crippen LogP contribution in [0.3, 0.4) is 0 Å². The zero-order valence-corrected chi connectivity index (χ0v) is 11.2. The van der Waals surface area contributed by atoms with Crippen molar-refractivity contribution in [2.75, 3.05) is 0 Å². The normalized spacial score (nSPS) is 12.7. The molecule has 0 saturated carbocycles. The van der Waals surface area contributed by atoms with Gasteiger partial charge < -0.3 is 0 Å². The summed E-state index contributed by atoms with van der Waals surface area (Å²) in [6.07, 6.45) is 5.50. The van der Waals surface area contributed by atoms with Gasteiger partial charge in [-0.25, -0.2) is 10.4 Å². The van der Waals surface area contributed by atoms with E-state index in [4.69, 9.17) is 5.84 Å². The Labute approximate surface area is 116 Å². The first-order valence-electron chi connectivity index (χ1n) is 6.52. The van der Waals surface area contributed by atoms with Crippen LogP contribution in [0, 0.1) is 0 Å². The molecule has 20 heavy (non-hydrogen) atoms. The molecular formula is C14H16N6. The predicted molar refractivity (Wildman–Crippen MR) is 76.6 cm³/mol. The number of hydrogen-bond acceptors (Lipinski definition) is 5. The Bertz CT molecular complexity index is 720. The lowest BCUT2D eigenvalue weighted by Crippen LogP contribution is -2.29. The number of para-hydroxylation sites is 2. The summed E-state index contributed by atoms with van der Waals surface area (Å²) in [5, 5.41) is 4.26. The number of aryl methyl sites for hydroxylation is 1. The Morgan fingerprint density at radius 3 is 2.75 bits per heavy atom. The van der Waals surface area contributed by atoms with Crippen LogP contribution in [-0.2, 0) is 6.54 Å². The average molecular weight is 268 g/mol. The van der Waals surface area contributed by atoms with E-state index in [9.17, 15) is 0 Å². The standard InChI is InChI=1S/C14H16N6/c1-2-20-9-10(7-17-20)14(19-15)13-8-16-11-5-3-4-6-12(11)18-13/h3-9,14,19H,2,15H2,1H3. The van der Waals surface area contributed by atoms with Crippen LogP contribution < -0.4 is 11.3 Å². The number of hydrazine groups is 1. The first-order valence-corrected chi connectivity index (χ1v) is 6.52. The van der Waals surface area contributed by atoms with Crippen molar-refractivity contribution < 1.29 is 0 Å². The Hall–Kier alpha value is -2.31. The summed E-state index contributed by atoms with van der Waals surface area (Å²) in [6, 6.07) is 7.55. The number of nitrogens with zero attached hydrogens (tertiary/aromatic N) is 4. The van der Waals surface area contributed by atoms with E-state index < -0.39 is 0 Å². The fourth-order valence-corrected chi connectivity index (χ4v) is 2.16. The Kier molecular flexibility index (Phi) is 3.41. The summed E-state index contributed by atoms with van der Waals surface area (Å²) in [7, 11) is 0. The number of benzene rings is 1. The Morgan fingerprint density at radius 1 is 1.25 bits per heavy atom. The van der Waals surface area contributed by atoms with Crippen molar-refractivity contribution in [3.8, 4) is 0 Å². The highest BCUT2D eigenvalue weighted by Gasteiger charge is 2.16. The van der Waals surface area contributed by atoms with Gasteiger partial charge >= 0.3 is 0 Å². The van der Waals surface area contributed by atoms with Gasteiger partial charge in [0.1, 0.15) is 0 Å². The Morgan fingerprint density at radius 2 is 2.05 bits per heavy atom. The molecule has 0 radical (unpaired) electrons. The van der Waals surface area contributed by atoms with Gasteiger partial charge in [-0.1, -0.05) is 12.1 Å². The van der Waals surface area contributed by atoms with Crippen LogP contribution in [0.4, 0.5) is 0 Å². The van der Waals surface area contributed by atoms with Crippen LogP contribution in [-0.4, -0.2) is 19.7 Å². The van der Waals surface area contributed by atoms with Crippen LogP contribution >= 0.6 is 0 Å². The molecule has 102 valence electrons. The number of nitrogens with two attached hydrogens (primary N) is 1. The highest BCUT2D eigenvalue weighted by Crippen LogP contribution is 2.20. The van der Waals surface area contributed by atoms with E-state index >= 15 is 0 Å². The molecule has 0 amide bonds. The molecule has 1 aromatic carbocycles. The number of rotatable bonds is 4. The maximum absolute atomic E-state index is 5.68. The average Bonchev–Trinajstić information content (AvgIpc) is 2.97. The van der Waals surface area contributed by atoms with Crippen molar-refractivity contribution in [1.29, 1.82) is 0 Å². The maximum Gasteiger partial charge on any atom is 0.0927 e. The molecular weight excluding hydrogens is 252 g/mol. The lowest BCUT2D eigenvalue weighted by Gasteiger charge is -2.13. The van der Waals surface area contributed by atoms with E-state index in [1.54, 1.807) is 12.4 Å². The highest BCUT2D eigenvalue weighted by atomic mass is 15.3. The zero-order valence-electron chi connectivity index (χ0n) is 11.2. The van der Waals surface area contributed by atoms with Crippen molar-refractivity contribution in [3.63, 3.8) is 0 Å². The second-order valence-electron chi connectivity index (χ2n) is 4.51. The molecule has 6 heteroatoms. The van der Waals surface area contributed by atoms with E-state index in [1.165, 1.54) is 0 Å². The summed E-state index contributed by atoms with van der Waals surface area (Å²) in [5.74, 6) is 5.68. The molecule has 0 bridgehead atoms. The lowest BCUT2D eigenvalue weighted by molar-refractivity contribution is 0.616. The number of fused-ring (bicyclic) bond motifs is 1. The third kappa shape index (κ3) is 2.26. The molecule has 0 fully saturated rings. The monoisotopic (exact) mass is 268 g/mol. The summed E-state index contributed by atoms with van der Waals surface area (Å²) in [5.41, 5.74) is 6.26. The quantitative estimate of drug-likeness (QED) is 0.552. The van der Waals surface area contributed by atoms with Crippen LogP contribution in [0.2, 0.25) is 0 Å². The van der Waals surface area contributed by atoms with Gasteiger partial charge in [-0.2, -0.15) is 5.10 Å². The SMILES string of the molecule is CCn1cc(C(NN)c2cnc3ccccc3n2)cn1. The molecule has 2 aromatic heterocycles. The molecule has 0 aliphatic heterocycles. The van der Waals surface area contributed by atoms with Gasteiger partial charge in [0, 0.05) is 18.3 Å². The topological polar surface area (TPSA) is 81.7 Å². The van der Waals surface area contributed by atoms with Gasteiger partial charge in [0.15, 0.2) is 0 Å².